The molecule has 0 radical (unpaired) electrons. The highest BCUT2D eigenvalue weighted by molar-refractivity contribution is 6.30. The summed E-state index contributed by atoms with van der Waals surface area (Å²) in [5.41, 5.74) is 0.422. The van der Waals surface area contributed by atoms with Crippen molar-refractivity contribution >= 4 is 17.7 Å². The molecule has 13 heavy (non-hydrogen) atoms. The Kier molecular flexibility index (Phi) is 3.46. The van der Waals surface area contributed by atoms with Crippen LogP contribution >= 0.6 is 11.6 Å². The Labute approximate surface area is 81.5 Å². The molecule has 0 amide bonds. The summed E-state index contributed by atoms with van der Waals surface area (Å²) >= 11 is 5.57. The molecular formula is C10H10ClFO. The fraction of sp³-hybridized carbons (Fsp3) is 0.200. The van der Waals surface area contributed by atoms with Crippen molar-refractivity contribution in [2.75, 3.05) is 0 Å². The molecule has 1 aromatic carbocycles. The number of halogens is 2. The smallest absolute Gasteiger partial charge is 0.131 e. The van der Waals surface area contributed by atoms with E-state index in [0.717, 1.165) is 0 Å². The molecule has 1 unspecified atom stereocenters. The third-order valence-electron chi connectivity index (χ3n) is 1.52. The highest BCUT2D eigenvalue weighted by Gasteiger charge is 1.98. The van der Waals surface area contributed by atoms with Crippen LogP contribution in [0.5, 0.6) is 0 Å². The van der Waals surface area contributed by atoms with E-state index in [0.29, 0.717) is 10.6 Å². The summed E-state index contributed by atoms with van der Waals surface area (Å²) in [5.74, 6) is -0.385. The second-order valence-electron chi connectivity index (χ2n) is 2.77. The quantitative estimate of drug-likeness (QED) is 0.779. The summed E-state index contributed by atoms with van der Waals surface area (Å²) in [6, 6.07) is 4.41. The van der Waals surface area contributed by atoms with Crippen LogP contribution in [-0.4, -0.2) is 11.2 Å². The lowest BCUT2D eigenvalue weighted by Gasteiger charge is -1.98. The van der Waals surface area contributed by atoms with E-state index in [2.05, 4.69) is 0 Å². The molecule has 1 atom stereocenters. The summed E-state index contributed by atoms with van der Waals surface area (Å²) in [5, 5.41) is 9.29. The standard InChI is InChI=1S/C10H10ClFO/c1-7(13)2-3-8-4-5-9(11)6-10(8)12/h2-7,13H,1H3/b3-2+. The molecule has 0 fully saturated rings. The van der Waals surface area contributed by atoms with Crippen LogP contribution in [0.25, 0.3) is 6.08 Å². The van der Waals surface area contributed by atoms with Crippen LogP contribution in [0.1, 0.15) is 12.5 Å². The number of aliphatic hydroxyl groups excluding tert-OH is 1. The second kappa shape index (κ2) is 4.40. The lowest BCUT2D eigenvalue weighted by Crippen LogP contribution is -1.92. The number of aliphatic hydroxyl groups is 1. The zero-order valence-corrected chi connectivity index (χ0v) is 7.92. The maximum Gasteiger partial charge on any atom is 0.131 e. The van der Waals surface area contributed by atoms with Crippen molar-refractivity contribution in [3.63, 3.8) is 0 Å². The Bertz CT molecular complexity index is 321. The van der Waals surface area contributed by atoms with Crippen LogP contribution in [0.2, 0.25) is 5.02 Å². The van der Waals surface area contributed by atoms with Gasteiger partial charge in [0.25, 0.3) is 0 Å². The summed E-state index contributed by atoms with van der Waals surface area (Å²) in [6.45, 7) is 1.60. The predicted octanol–water partition coefficient (Wildman–Crippen LogP) is 2.87. The molecular weight excluding hydrogens is 191 g/mol. The van der Waals surface area contributed by atoms with Gasteiger partial charge in [0.1, 0.15) is 5.82 Å². The molecule has 0 heterocycles. The minimum Gasteiger partial charge on any atom is -0.389 e. The molecule has 1 nitrogen and oxygen atoms in total. The van der Waals surface area contributed by atoms with Crippen molar-refractivity contribution in [2.45, 2.75) is 13.0 Å². The van der Waals surface area contributed by atoms with E-state index in [-0.39, 0.29) is 5.82 Å². The monoisotopic (exact) mass is 200 g/mol. The minimum absolute atomic E-state index is 0.367. The van der Waals surface area contributed by atoms with Crippen LogP contribution in [-0.2, 0) is 0 Å². The van der Waals surface area contributed by atoms with Crippen molar-refractivity contribution in [1.82, 2.24) is 0 Å². The Morgan fingerprint density at radius 1 is 1.54 bits per heavy atom. The molecule has 0 bridgehead atoms. The lowest BCUT2D eigenvalue weighted by atomic mass is 10.2. The first-order valence-electron chi connectivity index (χ1n) is 3.91. The van der Waals surface area contributed by atoms with Gasteiger partial charge in [-0.2, -0.15) is 0 Å². The average Bonchev–Trinajstić information content (AvgIpc) is 2.02. The predicted molar refractivity (Wildman–Crippen MR) is 52.1 cm³/mol. The van der Waals surface area contributed by atoms with Crippen molar-refractivity contribution in [3.8, 4) is 0 Å². The molecule has 0 aromatic heterocycles. The Hall–Kier alpha value is -0.860. The SMILES string of the molecule is CC(O)/C=C/c1ccc(Cl)cc1F. The highest BCUT2D eigenvalue weighted by atomic mass is 35.5. The average molecular weight is 201 g/mol. The van der Waals surface area contributed by atoms with Crippen LogP contribution in [0.15, 0.2) is 24.3 Å². The number of benzene rings is 1. The first-order valence-corrected chi connectivity index (χ1v) is 4.28. The molecule has 1 aromatic rings. The largest absolute Gasteiger partial charge is 0.389 e. The number of hydrogen-bond acceptors (Lipinski definition) is 1. The topological polar surface area (TPSA) is 20.2 Å². The molecule has 0 saturated carbocycles. The van der Waals surface area contributed by atoms with Gasteiger partial charge in [0.15, 0.2) is 0 Å². The molecule has 0 aliphatic rings. The Balaban J connectivity index is 2.90. The maximum absolute atomic E-state index is 13.1. The Morgan fingerprint density at radius 2 is 2.23 bits per heavy atom. The van der Waals surface area contributed by atoms with E-state index in [1.165, 1.54) is 18.2 Å². The van der Waals surface area contributed by atoms with Crippen molar-refractivity contribution < 1.29 is 9.50 Å². The summed E-state index contributed by atoms with van der Waals surface area (Å²) in [6.07, 6.45) is 2.46. The fourth-order valence-corrected chi connectivity index (χ4v) is 1.04. The van der Waals surface area contributed by atoms with E-state index in [1.807, 2.05) is 0 Å². The molecule has 3 heteroatoms. The van der Waals surface area contributed by atoms with Gasteiger partial charge in [-0.1, -0.05) is 29.8 Å². The molecule has 70 valence electrons. The van der Waals surface area contributed by atoms with Gasteiger partial charge >= 0.3 is 0 Å². The van der Waals surface area contributed by atoms with Gasteiger partial charge in [-0.3, -0.25) is 0 Å². The summed E-state index contributed by atoms with van der Waals surface area (Å²) in [4.78, 5) is 0. The zero-order chi connectivity index (χ0) is 9.84. The number of hydrogen-bond donors (Lipinski definition) is 1. The highest BCUT2D eigenvalue weighted by Crippen LogP contribution is 2.15. The molecule has 0 aliphatic heterocycles. The van der Waals surface area contributed by atoms with E-state index in [9.17, 15) is 4.39 Å². The van der Waals surface area contributed by atoms with Gasteiger partial charge in [0.05, 0.1) is 6.10 Å². The van der Waals surface area contributed by atoms with Gasteiger partial charge in [0, 0.05) is 10.6 Å². The lowest BCUT2D eigenvalue weighted by molar-refractivity contribution is 0.245. The van der Waals surface area contributed by atoms with E-state index < -0.39 is 6.10 Å². The first kappa shape index (κ1) is 10.2. The van der Waals surface area contributed by atoms with Gasteiger partial charge in [-0.25, -0.2) is 4.39 Å². The second-order valence-corrected chi connectivity index (χ2v) is 3.20. The molecule has 0 saturated heterocycles. The van der Waals surface area contributed by atoms with Crippen LogP contribution in [0, 0.1) is 5.82 Å². The van der Waals surface area contributed by atoms with Gasteiger partial charge < -0.3 is 5.11 Å². The molecule has 0 aliphatic carbocycles. The Morgan fingerprint density at radius 3 is 2.77 bits per heavy atom. The van der Waals surface area contributed by atoms with E-state index in [1.54, 1.807) is 19.1 Å². The van der Waals surface area contributed by atoms with Crippen molar-refractivity contribution in [2.24, 2.45) is 0 Å². The van der Waals surface area contributed by atoms with E-state index in [4.69, 9.17) is 16.7 Å². The van der Waals surface area contributed by atoms with Crippen LogP contribution in [0.3, 0.4) is 0 Å². The van der Waals surface area contributed by atoms with Gasteiger partial charge in [-0.05, 0) is 19.1 Å². The summed E-state index contributed by atoms with van der Waals surface area (Å²) < 4.78 is 13.1. The van der Waals surface area contributed by atoms with Crippen molar-refractivity contribution in [1.29, 1.82) is 0 Å². The third-order valence-corrected chi connectivity index (χ3v) is 1.75. The van der Waals surface area contributed by atoms with Crippen LogP contribution < -0.4 is 0 Å². The third kappa shape index (κ3) is 3.17. The molecule has 1 rings (SSSR count). The fourth-order valence-electron chi connectivity index (χ4n) is 0.880. The molecule has 1 N–H and O–H groups in total. The van der Waals surface area contributed by atoms with Crippen LogP contribution in [0.4, 0.5) is 4.39 Å². The van der Waals surface area contributed by atoms with Gasteiger partial charge in [-0.15, -0.1) is 0 Å². The first-order chi connectivity index (χ1) is 6.09. The molecule has 0 spiro atoms. The number of rotatable bonds is 2. The van der Waals surface area contributed by atoms with E-state index >= 15 is 0 Å². The van der Waals surface area contributed by atoms with Crippen molar-refractivity contribution in [3.05, 3.63) is 40.7 Å². The normalized spacial score (nSPS) is 13.5. The van der Waals surface area contributed by atoms with Gasteiger partial charge in [0.2, 0.25) is 0 Å². The zero-order valence-electron chi connectivity index (χ0n) is 7.17. The maximum atomic E-state index is 13.1. The minimum atomic E-state index is -0.574. The summed E-state index contributed by atoms with van der Waals surface area (Å²) in [7, 11) is 0.